The number of hydrogen-bond acceptors (Lipinski definition) is 4. The summed E-state index contributed by atoms with van der Waals surface area (Å²) in [5, 5.41) is 0. The number of methoxy groups -OCH3 is 1. The summed E-state index contributed by atoms with van der Waals surface area (Å²) in [5.41, 5.74) is 6.18. The molecular formula is C11H22N2O2. The predicted octanol–water partition coefficient (Wildman–Crippen LogP) is 0.215. The second-order valence-corrected chi connectivity index (χ2v) is 4.86. The van der Waals surface area contributed by atoms with Crippen LogP contribution in [0.3, 0.4) is 0 Å². The molecule has 1 aliphatic heterocycles. The highest BCUT2D eigenvalue weighted by Gasteiger charge is 2.37. The van der Waals surface area contributed by atoms with Crippen LogP contribution in [0.2, 0.25) is 0 Å². The molecule has 0 amide bonds. The van der Waals surface area contributed by atoms with Gasteiger partial charge in [-0.05, 0) is 19.3 Å². The third-order valence-corrected chi connectivity index (χ3v) is 3.30. The second-order valence-electron chi connectivity index (χ2n) is 4.86. The Morgan fingerprint density at radius 1 is 1.53 bits per heavy atom. The van der Waals surface area contributed by atoms with Crippen molar-refractivity contribution in [3.8, 4) is 0 Å². The fourth-order valence-electron chi connectivity index (χ4n) is 2.19. The van der Waals surface area contributed by atoms with E-state index in [4.69, 9.17) is 15.2 Å². The standard InChI is InChI=1S/C11H22N2O2/c1-14-7-5-13(10-2-3-10)8-11(12)4-6-15-9-11/h10H,2-9,12H2,1H3. The second kappa shape index (κ2) is 4.78. The molecule has 2 aliphatic rings. The van der Waals surface area contributed by atoms with Crippen LogP contribution in [-0.2, 0) is 9.47 Å². The van der Waals surface area contributed by atoms with Gasteiger partial charge < -0.3 is 15.2 Å². The summed E-state index contributed by atoms with van der Waals surface area (Å²) in [6.45, 7) is 4.29. The van der Waals surface area contributed by atoms with Gasteiger partial charge in [0.2, 0.25) is 0 Å². The summed E-state index contributed by atoms with van der Waals surface area (Å²) >= 11 is 0. The van der Waals surface area contributed by atoms with E-state index >= 15 is 0 Å². The average molecular weight is 214 g/mol. The monoisotopic (exact) mass is 214 g/mol. The third-order valence-electron chi connectivity index (χ3n) is 3.30. The van der Waals surface area contributed by atoms with Crippen LogP contribution in [0.5, 0.6) is 0 Å². The molecule has 1 saturated heterocycles. The highest BCUT2D eigenvalue weighted by molar-refractivity contribution is 4.95. The predicted molar refractivity (Wildman–Crippen MR) is 58.8 cm³/mol. The van der Waals surface area contributed by atoms with Crippen LogP contribution in [0.15, 0.2) is 0 Å². The van der Waals surface area contributed by atoms with Gasteiger partial charge in [-0.15, -0.1) is 0 Å². The molecule has 0 aromatic carbocycles. The van der Waals surface area contributed by atoms with Crippen LogP contribution in [-0.4, -0.2) is 56.5 Å². The molecule has 1 unspecified atom stereocenters. The van der Waals surface area contributed by atoms with Crippen molar-refractivity contribution in [3.05, 3.63) is 0 Å². The van der Waals surface area contributed by atoms with Crippen LogP contribution < -0.4 is 5.73 Å². The summed E-state index contributed by atoms with van der Waals surface area (Å²) < 4.78 is 10.5. The van der Waals surface area contributed by atoms with Crippen LogP contribution in [0.25, 0.3) is 0 Å². The molecule has 0 aromatic heterocycles. The molecule has 0 aromatic rings. The van der Waals surface area contributed by atoms with Gasteiger partial charge in [0.15, 0.2) is 0 Å². The lowest BCUT2D eigenvalue weighted by Gasteiger charge is -2.31. The Morgan fingerprint density at radius 3 is 2.87 bits per heavy atom. The first-order chi connectivity index (χ1) is 7.23. The van der Waals surface area contributed by atoms with E-state index in [1.807, 2.05) is 0 Å². The molecule has 0 bridgehead atoms. The third kappa shape index (κ3) is 3.14. The SMILES string of the molecule is COCCN(CC1(N)CCOC1)C1CC1. The molecule has 4 nitrogen and oxygen atoms in total. The van der Waals surface area contributed by atoms with Crippen molar-refractivity contribution >= 4 is 0 Å². The molecule has 1 heterocycles. The molecule has 88 valence electrons. The highest BCUT2D eigenvalue weighted by atomic mass is 16.5. The fourth-order valence-corrected chi connectivity index (χ4v) is 2.19. The molecule has 4 heteroatoms. The van der Waals surface area contributed by atoms with E-state index in [-0.39, 0.29) is 5.54 Å². The number of nitrogens with two attached hydrogens (primary N) is 1. The largest absolute Gasteiger partial charge is 0.383 e. The van der Waals surface area contributed by atoms with Crippen molar-refractivity contribution in [1.82, 2.24) is 4.90 Å². The molecule has 2 fully saturated rings. The van der Waals surface area contributed by atoms with Crippen LogP contribution in [0.4, 0.5) is 0 Å². The maximum absolute atomic E-state index is 6.29. The summed E-state index contributed by atoms with van der Waals surface area (Å²) in [5.74, 6) is 0. The summed E-state index contributed by atoms with van der Waals surface area (Å²) in [7, 11) is 1.75. The topological polar surface area (TPSA) is 47.7 Å². The van der Waals surface area contributed by atoms with Crippen LogP contribution in [0, 0.1) is 0 Å². The smallest absolute Gasteiger partial charge is 0.0659 e. The van der Waals surface area contributed by atoms with E-state index < -0.39 is 0 Å². The molecule has 0 spiro atoms. The first-order valence-electron chi connectivity index (χ1n) is 5.83. The van der Waals surface area contributed by atoms with Crippen LogP contribution in [0.1, 0.15) is 19.3 Å². The van der Waals surface area contributed by atoms with Crippen molar-refractivity contribution in [1.29, 1.82) is 0 Å². The molecule has 15 heavy (non-hydrogen) atoms. The lowest BCUT2D eigenvalue weighted by Crippen LogP contribution is -2.52. The molecule has 0 radical (unpaired) electrons. The van der Waals surface area contributed by atoms with Crippen molar-refractivity contribution in [3.63, 3.8) is 0 Å². The maximum Gasteiger partial charge on any atom is 0.0659 e. The normalized spacial score (nSPS) is 31.4. The minimum atomic E-state index is -0.115. The Kier molecular flexibility index (Phi) is 3.61. The van der Waals surface area contributed by atoms with Gasteiger partial charge in [-0.2, -0.15) is 0 Å². The van der Waals surface area contributed by atoms with Gasteiger partial charge in [-0.1, -0.05) is 0 Å². The van der Waals surface area contributed by atoms with Gasteiger partial charge in [-0.25, -0.2) is 0 Å². The van der Waals surface area contributed by atoms with Gasteiger partial charge in [0.05, 0.1) is 18.8 Å². The van der Waals surface area contributed by atoms with E-state index in [1.165, 1.54) is 12.8 Å². The lowest BCUT2D eigenvalue weighted by atomic mass is 9.99. The Hall–Kier alpha value is -0.160. The summed E-state index contributed by atoms with van der Waals surface area (Å²) in [6, 6.07) is 0.751. The summed E-state index contributed by atoms with van der Waals surface area (Å²) in [4.78, 5) is 2.47. The highest BCUT2D eigenvalue weighted by Crippen LogP contribution is 2.29. The molecule has 1 aliphatic carbocycles. The minimum Gasteiger partial charge on any atom is -0.383 e. The number of rotatable bonds is 6. The van der Waals surface area contributed by atoms with E-state index in [0.717, 1.165) is 38.8 Å². The molecular weight excluding hydrogens is 192 g/mol. The van der Waals surface area contributed by atoms with Gasteiger partial charge in [0, 0.05) is 32.8 Å². The zero-order valence-corrected chi connectivity index (χ0v) is 9.58. The first kappa shape index (κ1) is 11.3. The van der Waals surface area contributed by atoms with E-state index in [2.05, 4.69) is 4.90 Å². The zero-order valence-electron chi connectivity index (χ0n) is 9.58. The zero-order chi connectivity index (χ0) is 10.7. The van der Waals surface area contributed by atoms with Crippen molar-refractivity contribution in [2.45, 2.75) is 30.8 Å². The number of ether oxygens (including phenoxy) is 2. The summed E-state index contributed by atoms with van der Waals surface area (Å²) in [6.07, 6.45) is 3.63. The molecule has 2 rings (SSSR count). The van der Waals surface area contributed by atoms with Crippen molar-refractivity contribution in [2.24, 2.45) is 5.73 Å². The fraction of sp³-hybridized carbons (Fsp3) is 1.00. The van der Waals surface area contributed by atoms with E-state index in [0.29, 0.717) is 6.61 Å². The Balaban J connectivity index is 1.82. The Bertz CT molecular complexity index is 201. The van der Waals surface area contributed by atoms with Crippen LogP contribution >= 0.6 is 0 Å². The molecule has 1 saturated carbocycles. The minimum absolute atomic E-state index is 0.115. The van der Waals surface area contributed by atoms with Gasteiger partial charge in [-0.3, -0.25) is 4.90 Å². The lowest BCUT2D eigenvalue weighted by molar-refractivity contribution is 0.115. The van der Waals surface area contributed by atoms with Gasteiger partial charge >= 0.3 is 0 Å². The number of nitrogens with zero attached hydrogens (tertiary/aromatic N) is 1. The van der Waals surface area contributed by atoms with Gasteiger partial charge in [0.1, 0.15) is 0 Å². The van der Waals surface area contributed by atoms with Crippen molar-refractivity contribution in [2.75, 3.05) is 40.0 Å². The molecule has 2 N–H and O–H groups in total. The number of hydrogen-bond donors (Lipinski definition) is 1. The molecule has 1 atom stereocenters. The average Bonchev–Trinajstić information content (AvgIpc) is 2.98. The van der Waals surface area contributed by atoms with Gasteiger partial charge in [0.25, 0.3) is 0 Å². The Labute approximate surface area is 91.7 Å². The Morgan fingerprint density at radius 2 is 2.33 bits per heavy atom. The van der Waals surface area contributed by atoms with E-state index in [1.54, 1.807) is 7.11 Å². The van der Waals surface area contributed by atoms with Crippen molar-refractivity contribution < 1.29 is 9.47 Å². The van der Waals surface area contributed by atoms with E-state index in [9.17, 15) is 0 Å². The first-order valence-corrected chi connectivity index (χ1v) is 5.83. The quantitative estimate of drug-likeness (QED) is 0.687. The maximum atomic E-state index is 6.29.